The molecule has 0 spiro atoms. The highest BCUT2D eigenvalue weighted by atomic mass is 35.5. The first-order valence-electron chi connectivity index (χ1n) is 12.7. The molecule has 3 aromatic carbocycles. The molecule has 2 saturated heterocycles. The van der Waals surface area contributed by atoms with Crippen molar-refractivity contribution in [2.24, 2.45) is 5.92 Å². The predicted octanol–water partition coefficient (Wildman–Crippen LogP) is 4.44. The van der Waals surface area contributed by atoms with Crippen LogP contribution in [0.3, 0.4) is 0 Å². The SMILES string of the molecule is CCOc1ccc(C2NNCC2C(=O)N2CCN(C(c3ccccc3)c3ccccc3)CC2)cc1Cl. The van der Waals surface area contributed by atoms with Crippen LogP contribution in [0.15, 0.2) is 78.9 Å². The van der Waals surface area contributed by atoms with E-state index >= 15 is 0 Å². The van der Waals surface area contributed by atoms with Gasteiger partial charge < -0.3 is 9.64 Å². The fraction of sp³-hybridized carbons (Fsp3) is 0.345. The summed E-state index contributed by atoms with van der Waals surface area (Å²) in [5, 5.41) is 0.565. The lowest BCUT2D eigenvalue weighted by Gasteiger charge is -2.40. The van der Waals surface area contributed by atoms with E-state index in [4.69, 9.17) is 16.3 Å². The quantitative estimate of drug-likeness (QED) is 0.498. The molecule has 0 bridgehead atoms. The standard InChI is InChI=1S/C29H33ClN4O2/c1-2-36-26-14-13-23(19-25(26)30)27-24(20-31-32-27)29(35)34-17-15-33(16-18-34)28(21-9-5-3-6-10-21)22-11-7-4-8-12-22/h3-14,19,24,27-28,31-32H,2,15-18,20H2,1H3. The summed E-state index contributed by atoms with van der Waals surface area (Å²) in [4.78, 5) is 18.1. The monoisotopic (exact) mass is 504 g/mol. The van der Waals surface area contributed by atoms with Crippen LogP contribution in [0.25, 0.3) is 0 Å². The fourth-order valence-electron chi connectivity index (χ4n) is 5.35. The van der Waals surface area contributed by atoms with Crippen molar-refractivity contribution >= 4 is 17.5 Å². The molecule has 6 nitrogen and oxygen atoms in total. The molecule has 2 aliphatic rings. The predicted molar refractivity (Wildman–Crippen MR) is 143 cm³/mol. The van der Waals surface area contributed by atoms with Gasteiger partial charge in [0.1, 0.15) is 5.75 Å². The molecular weight excluding hydrogens is 472 g/mol. The molecule has 2 unspecified atom stereocenters. The maximum atomic E-state index is 13.6. The van der Waals surface area contributed by atoms with Crippen molar-refractivity contribution in [1.29, 1.82) is 0 Å². The normalized spacial score (nSPS) is 20.6. The molecule has 7 heteroatoms. The molecule has 0 aliphatic carbocycles. The first-order valence-corrected chi connectivity index (χ1v) is 13.1. The number of hydrogen-bond acceptors (Lipinski definition) is 5. The summed E-state index contributed by atoms with van der Waals surface area (Å²) < 4.78 is 5.57. The van der Waals surface area contributed by atoms with E-state index in [1.165, 1.54) is 11.1 Å². The van der Waals surface area contributed by atoms with Crippen LogP contribution in [0, 0.1) is 5.92 Å². The van der Waals surface area contributed by atoms with Gasteiger partial charge in [-0.25, -0.2) is 5.43 Å². The summed E-state index contributed by atoms with van der Waals surface area (Å²) in [6, 6.07) is 27.1. The van der Waals surface area contributed by atoms with Gasteiger partial charge in [0.15, 0.2) is 0 Å². The van der Waals surface area contributed by atoms with Crippen LogP contribution in [0.2, 0.25) is 5.02 Å². The first-order chi connectivity index (χ1) is 17.7. The maximum absolute atomic E-state index is 13.6. The highest BCUT2D eigenvalue weighted by Gasteiger charge is 2.38. The third-order valence-electron chi connectivity index (χ3n) is 7.14. The van der Waals surface area contributed by atoms with Crippen molar-refractivity contribution in [3.63, 3.8) is 0 Å². The Kier molecular flexibility index (Phi) is 7.87. The summed E-state index contributed by atoms with van der Waals surface area (Å²) in [5.74, 6) is 0.655. The van der Waals surface area contributed by atoms with Crippen LogP contribution in [0.5, 0.6) is 5.75 Å². The van der Waals surface area contributed by atoms with Gasteiger partial charge in [-0.2, -0.15) is 0 Å². The summed E-state index contributed by atoms with van der Waals surface area (Å²) in [7, 11) is 0. The zero-order chi connectivity index (χ0) is 24.9. The molecule has 36 heavy (non-hydrogen) atoms. The molecule has 0 aromatic heterocycles. The number of rotatable bonds is 7. The van der Waals surface area contributed by atoms with E-state index in [0.29, 0.717) is 37.0 Å². The van der Waals surface area contributed by atoms with E-state index in [1.807, 2.05) is 30.0 Å². The lowest BCUT2D eigenvalue weighted by atomic mass is 9.93. The minimum absolute atomic E-state index is 0.134. The summed E-state index contributed by atoms with van der Waals surface area (Å²) >= 11 is 6.44. The van der Waals surface area contributed by atoms with Crippen LogP contribution in [-0.4, -0.2) is 55.0 Å². The zero-order valence-corrected chi connectivity index (χ0v) is 21.3. The number of carbonyl (C=O) groups excluding carboxylic acids is 1. The molecule has 0 radical (unpaired) electrons. The Morgan fingerprint density at radius 2 is 1.61 bits per heavy atom. The molecule has 1 amide bonds. The molecule has 2 N–H and O–H groups in total. The number of amides is 1. The average molecular weight is 505 g/mol. The number of nitrogens with one attached hydrogen (secondary N) is 2. The number of piperazine rings is 1. The van der Waals surface area contributed by atoms with Gasteiger partial charge in [0.2, 0.25) is 5.91 Å². The van der Waals surface area contributed by atoms with Crippen LogP contribution in [-0.2, 0) is 4.79 Å². The highest BCUT2D eigenvalue weighted by molar-refractivity contribution is 6.32. The van der Waals surface area contributed by atoms with Gasteiger partial charge in [-0.1, -0.05) is 78.3 Å². The second kappa shape index (κ2) is 11.4. The molecule has 2 fully saturated rings. The lowest BCUT2D eigenvalue weighted by molar-refractivity contribution is -0.137. The Morgan fingerprint density at radius 3 is 2.19 bits per heavy atom. The van der Waals surface area contributed by atoms with Gasteiger partial charge in [0, 0.05) is 32.7 Å². The van der Waals surface area contributed by atoms with Crippen molar-refractivity contribution in [3.05, 3.63) is 101 Å². The number of nitrogens with zero attached hydrogens (tertiary/aromatic N) is 2. The minimum atomic E-state index is -0.190. The van der Waals surface area contributed by atoms with Crippen molar-refractivity contribution in [3.8, 4) is 5.75 Å². The van der Waals surface area contributed by atoms with Crippen LogP contribution in [0.4, 0.5) is 0 Å². The summed E-state index contributed by atoms with van der Waals surface area (Å²) in [6.45, 7) is 6.16. The number of halogens is 1. The van der Waals surface area contributed by atoms with E-state index in [1.54, 1.807) is 0 Å². The van der Waals surface area contributed by atoms with Crippen LogP contribution >= 0.6 is 11.6 Å². The molecule has 3 aromatic rings. The van der Waals surface area contributed by atoms with E-state index in [-0.39, 0.29) is 23.9 Å². The van der Waals surface area contributed by atoms with Crippen LogP contribution < -0.4 is 15.6 Å². The Hall–Kier alpha value is -2.90. The fourth-order valence-corrected chi connectivity index (χ4v) is 5.59. The Labute approximate surface area is 218 Å². The van der Waals surface area contributed by atoms with Gasteiger partial charge in [-0.3, -0.25) is 15.1 Å². The van der Waals surface area contributed by atoms with Crippen LogP contribution in [0.1, 0.15) is 35.7 Å². The Bertz CT molecular complexity index is 1110. The smallest absolute Gasteiger partial charge is 0.229 e. The lowest BCUT2D eigenvalue weighted by Crippen LogP contribution is -2.52. The third-order valence-corrected chi connectivity index (χ3v) is 7.43. The van der Waals surface area contributed by atoms with E-state index in [0.717, 1.165) is 18.7 Å². The van der Waals surface area contributed by atoms with Gasteiger partial charge >= 0.3 is 0 Å². The summed E-state index contributed by atoms with van der Waals surface area (Å²) in [6.07, 6.45) is 0. The molecule has 2 heterocycles. The van der Waals surface area contributed by atoms with Crippen molar-refractivity contribution in [2.45, 2.75) is 19.0 Å². The Balaban J connectivity index is 1.28. The topological polar surface area (TPSA) is 56.8 Å². The maximum Gasteiger partial charge on any atom is 0.229 e. The van der Waals surface area contributed by atoms with Gasteiger partial charge in [-0.05, 0) is 35.7 Å². The van der Waals surface area contributed by atoms with E-state index in [9.17, 15) is 4.79 Å². The number of benzene rings is 3. The molecule has 2 aliphatic heterocycles. The van der Waals surface area contributed by atoms with Gasteiger partial charge in [0.05, 0.1) is 29.6 Å². The van der Waals surface area contributed by atoms with Gasteiger partial charge in [0.25, 0.3) is 0 Å². The average Bonchev–Trinajstić information content (AvgIpc) is 3.41. The summed E-state index contributed by atoms with van der Waals surface area (Å²) in [5.41, 5.74) is 10.0. The van der Waals surface area contributed by atoms with Crippen molar-refractivity contribution in [1.82, 2.24) is 20.7 Å². The second-order valence-electron chi connectivity index (χ2n) is 9.32. The number of ether oxygens (including phenoxy) is 1. The molecular formula is C29H33ClN4O2. The number of hydrogen-bond donors (Lipinski definition) is 2. The molecule has 5 rings (SSSR count). The van der Waals surface area contributed by atoms with Crippen molar-refractivity contribution in [2.75, 3.05) is 39.3 Å². The molecule has 2 atom stereocenters. The van der Waals surface area contributed by atoms with Gasteiger partial charge in [-0.15, -0.1) is 0 Å². The minimum Gasteiger partial charge on any atom is -0.492 e. The highest BCUT2D eigenvalue weighted by Crippen LogP contribution is 2.34. The number of hydrazine groups is 1. The Morgan fingerprint density at radius 1 is 0.972 bits per heavy atom. The first kappa shape index (κ1) is 24.8. The molecule has 0 saturated carbocycles. The van der Waals surface area contributed by atoms with E-state index < -0.39 is 0 Å². The second-order valence-corrected chi connectivity index (χ2v) is 9.72. The third kappa shape index (κ3) is 5.27. The van der Waals surface area contributed by atoms with Crippen molar-refractivity contribution < 1.29 is 9.53 Å². The molecule has 188 valence electrons. The largest absolute Gasteiger partial charge is 0.492 e. The van der Waals surface area contributed by atoms with E-state index in [2.05, 4.69) is 76.4 Å². The zero-order valence-electron chi connectivity index (χ0n) is 20.6. The number of carbonyl (C=O) groups is 1.